The van der Waals surface area contributed by atoms with E-state index in [9.17, 15) is 4.79 Å². The van der Waals surface area contributed by atoms with Crippen molar-refractivity contribution in [3.8, 4) is 0 Å². The molecule has 4 rings (SSSR count). The van der Waals surface area contributed by atoms with Gasteiger partial charge in [-0.15, -0.1) is 0 Å². The molecule has 0 radical (unpaired) electrons. The van der Waals surface area contributed by atoms with Crippen molar-refractivity contribution in [2.45, 2.75) is 31.8 Å². The van der Waals surface area contributed by atoms with Gasteiger partial charge in [0.15, 0.2) is 5.58 Å². The fraction of sp³-hybridized carbons (Fsp3) is 0.600. The van der Waals surface area contributed by atoms with Gasteiger partial charge in [-0.25, -0.2) is 0 Å². The van der Waals surface area contributed by atoms with E-state index in [1.54, 1.807) is 0 Å². The molecule has 2 fully saturated rings. The number of carbonyl (C=O) groups is 1. The largest absolute Gasteiger partial charge is 0.423 e. The van der Waals surface area contributed by atoms with Crippen LogP contribution in [0.1, 0.15) is 25.7 Å². The van der Waals surface area contributed by atoms with E-state index in [2.05, 4.69) is 9.88 Å². The average molecular weight is 373 g/mol. The van der Waals surface area contributed by atoms with Crippen LogP contribution in [0.15, 0.2) is 28.7 Å². The number of hydrogen-bond donors (Lipinski definition) is 0. The van der Waals surface area contributed by atoms with Crippen molar-refractivity contribution >= 4 is 23.0 Å². The number of para-hydroxylation sites is 2. The molecule has 1 atom stereocenters. The Morgan fingerprint density at radius 3 is 2.93 bits per heavy atom. The molecule has 3 heterocycles. The summed E-state index contributed by atoms with van der Waals surface area (Å²) in [5.41, 5.74) is 1.66. The molecule has 7 heteroatoms. The summed E-state index contributed by atoms with van der Waals surface area (Å²) in [6.07, 6.45) is 4.36. The maximum absolute atomic E-state index is 12.5. The molecule has 0 bridgehead atoms. The second-order valence-corrected chi connectivity index (χ2v) is 7.19. The number of aromatic nitrogens is 1. The fourth-order valence-corrected chi connectivity index (χ4v) is 3.66. The Bertz CT molecular complexity index is 724. The van der Waals surface area contributed by atoms with Crippen LogP contribution in [-0.4, -0.2) is 67.9 Å². The molecule has 2 saturated heterocycles. The van der Waals surface area contributed by atoms with Crippen LogP contribution in [0.3, 0.4) is 0 Å². The molecule has 7 nitrogen and oxygen atoms in total. The number of ether oxygens (including phenoxy) is 2. The van der Waals surface area contributed by atoms with E-state index in [0.29, 0.717) is 25.7 Å². The first-order chi connectivity index (χ1) is 13.3. The summed E-state index contributed by atoms with van der Waals surface area (Å²) >= 11 is 0. The Morgan fingerprint density at radius 1 is 1.15 bits per heavy atom. The second kappa shape index (κ2) is 8.71. The van der Waals surface area contributed by atoms with Crippen LogP contribution < -0.4 is 4.90 Å². The molecule has 1 amide bonds. The molecule has 0 spiro atoms. The third-order valence-electron chi connectivity index (χ3n) is 5.20. The van der Waals surface area contributed by atoms with E-state index >= 15 is 0 Å². The first kappa shape index (κ1) is 18.3. The number of nitrogens with zero attached hydrogens (tertiary/aromatic N) is 3. The Hall–Kier alpha value is -2.12. The van der Waals surface area contributed by atoms with Gasteiger partial charge in [0.2, 0.25) is 5.91 Å². The van der Waals surface area contributed by atoms with Gasteiger partial charge in [-0.05, 0) is 37.8 Å². The molecule has 2 aliphatic heterocycles. The topological polar surface area (TPSA) is 68.0 Å². The molecule has 1 unspecified atom stereocenters. The van der Waals surface area contributed by atoms with Crippen LogP contribution in [0.2, 0.25) is 0 Å². The standard InChI is InChI=1S/C20H27N3O4/c24-19(15-25-14-16-6-3-4-13-26-16)22-9-5-10-23(12-11-22)20-21-17-7-1-2-8-18(17)27-20/h1-2,7-8,16H,3-6,9-15H2. The van der Waals surface area contributed by atoms with Crippen LogP contribution in [-0.2, 0) is 14.3 Å². The smallest absolute Gasteiger partial charge is 0.298 e. The maximum Gasteiger partial charge on any atom is 0.298 e. The summed E-state index contributed by atoms with van der Waals surface area (Å²) in [6.45, 7) is 4.37. The van der Waals surface area contributed by atoms with Gasteiger partial charge in [0.05, 0.1) is 12.7 Å². The van der Waals surface area contributed by atoms with Crippen molar-refractivity contribution in [2.24, 2.45) is 0 Å². The lowest BCUT2D eigenvalue weighted by Crippen LogP contribution is -2.38. The van der Waals surface area contributed by atoms with E-state index in [0.717, 1.165) is 50.1 Å². The predicted octanol–water partition coefficient (Wildman–Crippen LogP) is 2.45. The summed E-state index contributed by atoms with van der Waals surface area (Å²) in [6, 6.07) is 8.40. The highest BCUT2D eigenvalue weighted by Gasteiger charge is 2.22. The average Bonchev–Trinajstić information content (AvgIpc) is 2.98. The molecule has 1 aromatic heterocycles. The zero-order valence-corrected chi connectivity index (χ0v) is 15.6. The highest BCUT2D eigenvalue weighted by atomic mass is 16.5. The lowest BCUT2D eigenvalue weighted by atomic mass is 10.1. The Balaban J connectivity index is 1.26. The van der Waals surface area contributed by atoms with Crippen molar-refractivity contribution in [2.75, 3.05) is 50.9 Å². The third kappa shape index (κ3) is 4.59. The van der Waals surface area contributed by atoms with Gasteiger partial charge in [-0.1, -0.05) is 12.1 Å². The lowest BCUT2D eigenvalue weighted by Gasteiger charge is -2.24. The number of rotatable bonds is 5. The summed E-state index contributed by atoms with van der Waals surface area (Å²) in [5.74, 6) is 0.0465. The minimum absolute atomic E-state index is 0.0465. The lowest BCUT2D eigenvalue weighted by molar-refractivity contribution is -0.138. The van der Waals surface area contributed by atoms with Crippen LogP contribution in [0.4, 0.5) is 6.01 Å². The number of benzene rings is 1. The summed E-state index contributed by atoms with van der Waals surface area (Å²) in [5, 5.41) is 0. The van der Waals surface area contributed by atoms with Gasteiger partial charge in [0.25, 0.3) is 6.01 Å². The van der Waals surface area contributed by atoms with Crippen molar-refractivity contribution in [3.05, 3.63) is 24.3 Å². The quantitative estimate of drug-likeness (QED) is 0.802. The van der Waals surface area contributed by atoms with Crippen LogP contribution in [0.5, 0.6) is 0 Å². The molecular formula is C20H27N3O4. The highest BCUT2D eigenvalue weighted by molar-refractivity contribution is 5.77. The molecule has 2 aliphatic rings. The van der Waals surface area contributed by atoms with Crippen LogP contribution >= 0.6 is 0 Å². The van der Waals surface area contributed by atoms with E-state index in [1.165, 1.54) is 6.42 Å². The SMILES string of the molecule is O=C(COCC1CCCCO1)N1CCCN(c2nc3ccccc3o2)CC1. The molecule has 0 N–H and O–H groups in total. The Morgan fingerprint density at radius 2 is 2.07 bits per heavy atom. The predicted molar refractivity (Wildman–Crippen MR) is 102 cm³/mol. The molecule has 1 aromatic carbocycles. The molecular weight excluding hydrogens is 346 g/mol. The number of amides is 1. The monoisotopic (exact) mass is 373 g/mol. The van der Waals surface area contributed by atoms with E-state index in [-0.39, 0.29) is 18.6 Å². The normalized spacial score (nSPS) is 21.4. The first-order valence-corrected chi connectivity index (χ1v) is 9.87. The van der Waals surface area contributed by atoms with Gasteiger partial charge in [-0.2, -0.15) is 4.98 Å². The van der Waals surface area contributed by atoms with Gasteiger partial charge in [0, 0.05) is 32.8 Å². The first-order valence-electron chi connectivity index (χ1n) is 9.87. The van der Waals surface area contributed by atoms with Crippen molar-refractivity contribution in [1.82, 2.24) is 9.88 Å². The minimum atomic E-state index is 0.0465. The number of hydrogen-bond acceptors (Lipinski definition) is 6. The van der Waals surface area contributed by atoms with E-state index in [1.807, 2.05) is 29.2 Å². The summed E-state index contributed by atoms with van der Waals surface area (Å²) in [4.78, 5) is 21.0. The van der Waals surface area contributed by atoms with Gasteiger partial charge in [-0.3, -0.25) is 4.79 Å². The Labute approximate surface area is 159 Å². The molecule has 0 saturated carbocycles. The summed E-state index contributed by atoms with van der Waals surface area (Å²) < 4.78 is 17.1. The minimum Gasteiger partial charge on any atom is -0.423 e. The van der Waals surface area contributed by atoms with Crippen molar-refractivity contribution < 1.29 is 18.7 Å². The highest BCUT2D eigenvalue weighted by Crippen LogP contribution is 2.22. The fourth-order valence-electron chi connectivity index (χ4n) is 3.66. The number of fused-ring (bicyclic) bond motifs is 1. The molecule has 146 valence electrons. The third-order valence-corrected chi connectivity index (χ3v) is 5.20. The number of carbonyl (C=O) groups excluding carboxylic acids is 1. The molecule has 27 heavy (non-hydrogen) atoms. The summed E-state index contributed by atoms with van der Waals surface area (Å²) in [7, 11) is 0. The van der Waals surface area contributed by atoms with E-state index in [4.69, 9.17) is 13.9 Å². The molecule has 2 aromatic rings. The van der Waals surface area contributed by atoms with Gasteiger partial charge < -0.3 is 23.7 Å². The maximum atomic E-state index is 12.5. The zero-order chi connectivity index (χ0) is 18.5. The van der Waals surface area contributed by atoms with Crippen molar-refractivity contribution in [1.29, 1.82) is 0 Å². The van der Waals surface area contributed by atoms with E-state index < -0.39 is 0 Å². The van der Waals surface area contributed by atoms with Crippen molar-refractivity contribution in [3.63, 3.8) is 0 Å². The number of anilines is 1. The Kier molecular flexibility index (Phi) is 5.89. The zero-order valence-electron chi connectivity index (χ0n) is 15.6. The molecule has 0 aliphatic carbocycles. The van der Waals surface area contributed by atoms with Gasteiger partial charge in [0.1, 0.15) is 12.1 Å². The second-order valence-electron chi connectivity index (χ2n) is 7.19. The van der Waals surface area contributed by atoms with Crippen LogP contribution in [0, 0.1) is 0 Å². The van der Waals surface area contributed by atoms with Crippen LogP contribution in [0.25, 0.3) is 11.1 Å². The van der Waals surface area contributed by atoms with Gasteiger partial charge >= 0.3 is 0 Å². The number of oxazole rings is 1.